The fraction of sp³-hybridized carbons (Fsp3) is 0.440. The molecular formula is C25H34NO4P. The Bertz CT molecular complexity index is 809. The number of carbonyl (C=O) groups excluding carboxylic acids is 1. The largest absolute Gasteiger partial charge is 0.627 e. The maximum absolute atomic E-state index is 13.1. The van der Waals surface area contributed by atoms with Crippen molar-refractivity contribution in [2.75, 3.05) is 19.3 Å². The monoisotopic (exact) mass is 443 g/mol. The van der Waals surface area contributed by atoms with E-state index in [9.17, 15) is 9.69 Å². The zero-order chi connectivity index (χ0) is 22.5. The van der Waals surface area contributed by atoms with Crippen LogP contribution >= 0.6 is 7.77 Å². The normalized spacial score (nSPS) is 11.9. The fourth-order valence-corrected chi connectivity index (χ4v) is 4.54. The Labute approximate surface area is 187 Å². The molecule has 2 rings (SSSR count). The van der Waals surface area contributed by atoms with Gasteiger partial charge in [-0.2, -0.15) is 0 Å². The van der Waals surface area contributed by atoms with Crippen molar-refractivity contribution in [2.24, 2.45) is 5.92 Å². The predicted molar refractivity (Wildman–Crippen MR) is 126 cm³/mol. The van der Waals surface area contributed by atoms with Crippen LogP contribution in [0.5, 0.6) is 0 Å². The molecule has 0 saturated carbocycles. The van der Waals surface area contributed by atoms with E-state index >= 15 is 0 Å². The lowest BCUT2D eigenvalue weighted by Gasteiger charge is -2.23. The molecule has 1 atom stereocenters. The third-order valence-electron chi connectivity index (χ3n) is 4.61. The highest BCUT2D eigenvalue weighted by Crippen LogP contribution is 2.22. The third-order valence-corrected chi connectivity index (χ3v) is 6.13. The van der Waals surface area contributed by atoms with Crippen LogP contribution in [0.1, 0.15) is 44.7 Å². The molecule has 2 aromatic rings. The number of unbranched alkanes of at least 4 members (excludes halogenated alkanes) is 1. The minimum atomic E-state index is -1.83. The molecule has 168 valence electrons. The van der Waals surface area contributed by atoms with Crippen LogP contribution in [0.3, 0.4) is 0 Å². The van der Waals surface area contributed by atoms with Gasteiger partial charge < -0.3 is 9.63 Å². The number of nitrogens with zero attached hydrogens (tertiary/aromatic N) is 1. The number of aryl methyl sites for hydroxylation is 1. The Hall–Kier alpha value is -2.20. The molecule has 0 bridgehead atoms. The average Bonchev–Trinajstić information content (AvgIpc) is 2.78. The van der Waals surface area contributed by atoms with E-state index in [0.717, 1.165) is 24.8 Å². The van der Waals surface area contributed by atoms with Crippen LogP contribution in [0.25, 0.3) is 0 Å². The third kappa shape index (κ3) is 9.22. The topological polar surface area (TPSA) is 61.8 Å². The maximum atomic E-state index is 13.1. The van der Waals surface area contributed by atoms with Gasteiger partial charge in [0.15, 0.2) is 0 Å². The summed E-state index contributed by atoms with van der Waals surface area (Å²) in [7, 11) is -1.83. The summed E-state index contributed by atoms with van der Waals surface area (Å²) in [6.45, 7) is 6.76. The number of rotatable bonds is 12. The molecule has 0 spiro atoms. The Morgan fingerprint density at radius 3 is 2.16 bits per heavy atom. The molecule has 5 nitrogen and oxygen atoms in total. The first kappa shape index (κ1) is 25.1. The van der Waals surface area contributed by atoms with E-state index < -0.39 is 13.9 Å². The standard InChI is InChI=1S/C25H34NO4P/c1-4-29-25(31(28)18-12-11-15-22-13-7-5-8-14-22)26(19-21(2)3)24(27)30-20-23-16-9-6-10-17-23/h5-10,13-14,16-17,21H,4,11-12,15,18-20H2,1-3H3. The maximum Gasteiger partial charge on any atom is 0.419 e. The van der Waals surface area contributed by atoms with Crippen LogP contribution in [0, 0.1) is 5.92 Å². The van der Waals surface area contributed by atoms with Crippen LogP contribution in [0.2, 0.25) is 0 Å². The second-order valence-electron chi connectivity index (χ2n) is 7.81. The summed E-state index contributed by atoms with van der Waals surface area (Å²) in [4.78, 5) is 27.4. The van der Waals surface area contributed by atoms with Crippen molar-refractivity contribution in [3.05, 3.63) is 71.8 Å². The number of amides is 1. The van der Waals surface area contributed by atoms with Crippen molar-refractivity contribution < 1.29 is 19.2 Å². The molecule has 0 saturated heterocycles. The average molecular weight is 444 g/mol. The van der Waals surface area contributed by atoms with Crippen molar-refractivity contribution >= 4 is 19.5 Å². The number of hydrogen-bond donors (Lipinski definition) is 0. The summed E-state index contributed by atoms with van der Waals surface area (Å²) in [5.74, 6) is 0.182. The number of carbonyl (C=O) groups is 1. The quantitative estimate of drug-likeness (QED) is 0.335. The minimum Gasteiger partial charge on any atom is -0.627 e. The van der Waals surface area contributed by atoms with E-state index in [0.29, 0.717) is 19.3 Å². The first-order valence-electron chi connectivity index (χ1n) is 11.0. The smallest absolute Gasteiger partial charge is 0.419 e. The van der Waals surface area contributed by atoms with Crippen molar-refractivity contribution in [1.29, 1.82) is 0 Å². The minimum absolute atomic E-state index is 0.168. The van der Waals surface area contributed by atoms with Gasteiger partial charge in [0.2, 0.25) is 0 Å². The van der Waals surface area contributed by atoms with Crippen molar-refractivity contribution in [1.82, 2.24) is 4.90 Å². The van der Waals surface area contributed by atoms with Gasteiger partial charge in [-0.1, -0.05) is 74.5 Å². The molecule has 0 heterocycles. The van der Waals surface area contributed by atoms with E-state index in [1.807, 2.05) is 69.3 Å². The van der Waals surface area contributed by atoms with E-state index in [1.54, 1.807) is 0 Å². The van der Waals surface area contributed by atoms with Crippen molar-refractivity contribution in [3.8, 4) is 0 Å². The van der Waals surface area contributed by atoms with Gasteiger partial charge in [0.05, 0.1) is 6.61 Å². The second-order valence-corrected chi connectivity index (χ2v) is 9.39. The summed E-state index contributed by atoms with van der Waals surface area (Å²) in [6.07, 6.45) is 2.65. The summed E-state index contributed by atoms with van der Waals surface area (Å²) in [5, 5.41) is 0. The molecule has 0 aliphatic rings. The van der Waals surface area contributed by atoms with E-state index in [1.165, 1.54) is 10.5 Å². The molecule has 1 amide bonds. The first-order chi connectivity index (χ1) is 15.0. The highest BCUT2D eigenvalue weighted by atomic mass is 31.1. The summed E-state index contributed by atoms with van der Waals surface area (Å²) < 4.78 is 11.2. The molecule has 0 fully saturated rings. The van der Waals surface area contributed by atoms with Gasteiger partial charge >= 0.3 is 11.7 Å². The molecule has 1 unspecified atom stereocenters. The molecular weight excluding hydrogens is 409 g/mol. The summed E-state index contributed by atoms with van der Waals surface area (Å²) in [6, 6.07) is 19.8. The molecule has 2 aromatic carbocycles. The summed E-state index contributed by atoms with van der Waals surface area (Å²) in [5.41, 5.74) is 2.42. The molecule has 0 radical (unpaired) electrons. The fourth-order valence-electron chi connectivity index (χ4n) is 3.13. The van der Waals surface area contributed by atoms with Gasteiger partial charge in [-0.25, -0.2) is 9.69 Å². The molecule has 0 aliphatic carbocycles. The highest BCUT2D eigenvalue weighted by Gasteiger charge is 2.28. The lowest BCUT2D eigenvalue weighted by atomic mass is 10.1. The number of benzene rings is 2. The second kappa shape index (κ2) is 14.0. The predicted octanol–water partition coefficient (Wildman–Crippen LogP) is 5.19. The van der Waals surface area contributed by atoms with Gasteiger partial charge in [-0.3, -0.25) is 4.74 Å². The number of hydrogen-bond acceptors (Lipinski definition) is 4. The highest BCUT2D eigenvalue weighted by molar-refractivity contribution is 7.51. The van der Waals surface area contributed by atoms with Gasteiger partial charge in [0.1, 0.15) is 20.5 Å². The molecule has 0 aliphatic heterocycles. The van der Waals surface area contributed by atoms with Gasteiger partial charge in [0, 0.05) is 6.54 Å². The Morgan fingerprint density at radius 1 is 0.968 bits per heavy atom. The molecule has 0 aromatic heterocycles. The lowest BCUT2D eigenvalue weighted by molar-refractivity contribution is -0.154. The Kier molecular flexibility index (Phi) is 11.3. The van der Waals surface area contributed by atoms with Crippen molar-refractivity contribution in [2.45, 2.75) is 46.6 Å². The van der Waals surface area contributed by atoms with Crippen LogP contribution in [-0.2, 0) is 22.5 Å². The lowest BCUT2D eigenvalue weighted by Crippen LogP contribution is -2.41. The molecule has 31 heavy (non-hydrogen) atoms. The first-order valence-corrected chi connectivity index (χ1v) is 12.4. The van der Waals surface area contributed by atoms with Crippen LogP contribution in [0.4, 0.5) is 4.79 Å². The van der Waals surface area contributed by atoms with Gasteiger partial charge in [-0.15, -0.1) is 0 Å². The summed E-state index contributed by atoms with van der Waals surface area (Å²) >= 11 is 0. The van der Waals surface area contributed by atoms with E-state index in [2.05, 4.69) is 12.1 Å². The number of ether oxygens (including phenoxy) is 2. The van der Waals surface area contributed by atoms with Crippen molar-refractivity contribution in [3.63, 3.8) is 0 Å². The zero-order valence-electron chi connectivity index (χ0n) is 18.8. The molecule has 6 heteroatoms. The van der Waals surface area contributed by atoms with E-state index in [4.69, 9.17) is 9.47 Å². The Morgan fingerprint density at radius 2 is 1.58 bits per heavy atom. The van der Waals surface area contributed by atoms with Gasteiger partial charge in [0.25, 0.3) is 0 Å². The Balaban J connectivity index is 2.03. The van der Waals surface area contributed by atoms with Gasteiger partial charge in [-0.05, 0) is 43.2 Å². The molecule has 0 N–H and O–H groups in total. The SMILES string of the molecule is CCOC(N(CC(C)C)C(=O)OCc1ccccc1)=[P+]([O-])CCCCc1ccccc1. The van der Waals surface area contributed by atoms with Crippen LogP contribution in [-0.4, -0.2) is 35.9 Å². The zero-order valence-corrected chi connectivity index (χ0v) is 19.7. The van der Waals surface area contributed by atoms with Crippen LogP contribution in [0.15, 0.2) is 60.7 Å². The van der Waals surface area contributed by atoms with Crippen LogP contribution < -0.4 is 4.89 Å². The van der Waals surface area contributed by atoms with E-state index in [-0.39, 0.29) is 18.1 Å².